The van der Waals surface area contributed by atoms with Gasteiger partial charge >= 0.3 is 12.1 Å². The van der Waals surface area contributed by atoms with Crippen molar-refractivity contribution in [3.63, 3.8) is 0 Å². The van der Waals surface area contributed by atoms with E-state index in [1.165, 1.54) is 0 Å². The molecule has 6 nitrogen and oxygen atoms in total. The Morgan fingerprint density at radius 2 is 2.00 bits per heavy atom. The minimum Gasteiger partial charge on any atom is -0.493 e. The number of benzene rings is 1. The molecule has 10 heteroatoms. The fraction of sp³-hybridized carbons (Fsp3) is 0.278. The Labute approximate surface area is 163 Å². The number of nitrogens with one attached hydrogen (secondary N) is 1. The summed E-state index contributed by atoms with van der Waals surface area (Å²) in [6.07, 6.45) is -4.15. The van der Waals surface area contributed by atoms with Crippen LogP contribution in [-0.4, -0.2) is 30.1 Å². The predicted octanol–water partition coefficient (Wildman–Crippen LogP) is 4.01. The quantitative estimate of drug-likeness (QED) is 0.690. The molecular weight excluding hydrogens is 401 g/mol. The Morgan fingerprint density at radius 1 is 1.25 bits per heavy atom. The Kier molecular flexibility index (Phi) is 7.22. The number of rotatable bonds is 7. The summed E-state index contributed by atoms with van der Waals surface area (Å²) in [5.41, 5.74) is -0.0391. The number of anilines is 1. The van der Waals surface area contributed by atoms with Crippen LogP contribution in [-0.2, 0) is 20.5 Å². The van der Waals surface area contributed by atoms with Crippen molar-refractivity contribution in [2.24, 2.45) is 0 Å². The largest absolute Gasteiger partial charge is 0.493 e. The molecule has 1 aromatic carbocycles. The summed E-state index contributed by atoms with van der Waals surface area (Å²) in [7, 11) is 0. The highest BCUT2D eigenvalue weighted by molar-refractivity contribution is 6.33. The van der Waals surface area contributed by atoms with Crippen LogP contribution in [0.1, 0.15) is 17.5 Å². The van der Waals surface area contributed by atoms with Crippen molar-refractivity contribution in [2.75, 3.05) is 18.5 Å². The van der Waals surface area contributed by atoms with Gasteiger partial charge in [0, 0.05) is 6.20 Å². The van der Waals surface area contributed by atoms with Gasteiger partial charge in [-0.15, -0.1) is 0 Å². The molecule has 0 fully saturated rings. The number of esters is 1. The van der Waals surface area contributed by atoms with Gasteiger partial charge < -0.3 is 14.8 Å². The topological polar surface area (TPSA) is 77.5 Å². The molecule has 1 aromatic heterocycles. The Hall–Kier alpha value is -2.81. The number of amides is 1. The average Bonchev–Trinajstić information content (AvgIpc) is 2.61. The molecule has 0 saturated heterocycles. The van der Waals surface area contributed by atoms with E-state index in [4.69, 9.17) is 21.1 Å². The van der Waals surface area contributed by atoms with Crippen molar-refractivity contribution in [1.82, 2.24) is 4.98 Å². The maximum atomic E-state index is 12.5. The van der Waals surface area contributed by atoms with Gasteiger partial charge in [0.05, 0.1) is 23.6 Å². The smallest absolute Gasteiger partial charge is 0.417 e. The molecule has 0 radical (unpaired) electrons. The number of hydrogen-bond acceptors (Lipinski definition) is 5. The van der Waals surface area contributed by atoms with Gasteiger partial charge in [-0.1, -0.05) is 23.7 Å². The molecule has 0 spiro atoms. The molecule has 0 atom stereocenters. The van der Waals surface area contributed by atoms with E-state index in [-0.39, 0.29) is 23.9 Å². The van der Waals surface area contributed by atoms with Crippen LogP contribution in [0.15, 0.2) is 36.5 Å². The lowest BCUT2D eigenvalue weighted by atomic mass is 10.2. The number of carbonyl (C=O) groups is 2. The molecule has 0 unspecified atom stereocenters. The lowest BCUT2D eigenvalue weighted by Gasteiger charge is -2.10. The highest BCUT2D eigenvalue weighted by Crippen LogP contribution is 2.32. The first kappa shape index (κ1) is 21.5. The van der Waals surface area contributed by atoms with E-state index in [9.17, 15) is 22.8 Å². The molecule has 1 amide bonds. The van der Waals surface area contributed by atoms with Crippen LogP contribution in [0.4, 0.5) is 19.0 Å². The fourth-order valence-electron chi connectivity index (χ4n) is 2.03. The highest BCUT2D eigenvalue weighted by Gasteiger charge is 2.31. The van der Waals surface area contributed by atoms with E-state index in [2.05, 4.69) is 10.3 Å². The number of pyridine rings is 1. The predicted molar refractivity (Wildman–Crippen MR) is 95.1 cm³/mol. The Morgan fingerprint density at radius 3 is 2.64 bits per heavy atom. The zero-order valence-electron chi connectivity index (χ0n) is 14.7. The van der Waals surface area contributed by atoms with Crippen molar-refractivity contribution in [1.29, 1.82) is 0 Å². The van der Waals surface area contributed by atoms with Crippen LogP contribution < -0.4 is 10.1 Å². The Balaban J connectivity index is 1.75. The van der Waals surface area contributed by atoms with E-state index in [0.717, 1.165) is 5.56 Å². The van der Waals surface area contributed by atoms with Gasteiger partial charge in [0.2, 0.25) is 0 Å². The summed E-state index contributed by atoms with van der Waals surface area (Å²) < 4.78 is 47.8. The van der Waals surface area contributed by atoms with Gasteiger partial charge in [-0.25, -0.2) is 4.98 Å². The lowest BCUT2D eigenvalue weighted by Crippen LogP contribution is -2.22. The van der Waals surface area contributed by atoms with E-state index >= 15 is 0 Å². The summed E-state index contributed by atoms with van der Waals surface area (Å²) in [5.74, 6) is -1.12. The molecule has 2 rings (SSSR count). The SMILES string of the molecule is Cc1cccc(OCCC(=O)OCC(=O)Nc2ncc(C(F)(F)F)cc2Cl)c1. The molecule has 0 bridgehead atoms. The molecular formula is C18H16ClF3N2O4. The second-order valence-corrected chi connectivity index (χ2v) is 6.08. The van der Waals surface area contributed by atoms with Crippen molar-refractivity contribution < 1.29 is 32.2 Å². The summed E-state index contributed by atoms with van der Waals surface area (Å²) >= 11 is 5.68. The molecule has 2 aromatic rings. The van der Waals surface area contributed by atoms with Crippen molar-refractivity contribution in [2.45, 2.75) is 19.5 Å². The van der Waals surface area contributed by atoms with Crippen LogP contribution in [0.5, 0.6) is 5.75 Å². The van der Waals surface area contributed by atoms with E-state index in [0.29, 0.717) is 18.0 Å². The van der Waals surface area contributed by atoms with Crippen molar-refractivity contribution in [3.8, 4) is 5.75 Å². The van der Waals surface area contributed by atoms with E-state index in [1.54, 1.807) is 12.1 Å². The molecule has 0 aliphatic rings. The number of ether oxygens (including phenoxy) is 2. The van der Waals surface area contributed by atoms with Crippen LogP contribution in [0.3, 0.4) is 0 Å². The first-order valence-electron chi connectivity index (χ1n) is 8.03. The second-order valence-electron chi connectivity index (χ2n) is 5.68. The lowest BCUT2D eigenvalue weighted by molar-refractivity contribution is -0.147. The molecule has 0 saturated carbocycles. The van der Waals surface area contributed by atoms with Gasteiger partial charge in [-0.2, -0.15) is 13.2 Å². The fourth-order valence-corrected chi connectivity index (χ4v) is 2.24. The van der Waals surface area contributed by atoms with E-state index < -0.39 is 30.2 Å². The maximum absolute atomic E-state index is 12.5. The average molecular weight is 417 g/mol. The summed E-state index contributed by atoms with van der Waals surface area (Å²) in [6.45, 7) is 1.33. The molecule has 1 N–H and O–H groups in total. The third-order valence-electron chi connectivity index (χ3n) is 3.36. The van der Waals surface area contributed by atoms with Gasteiger partial charge in [-0.3, -0.25) is 9.59 Å². The first-order chi connectivity index (χ1) is 13.1. The van der Waals surface area contributed by atoms with Crippen LogP contribution in [0, 0.1) is 6.92 Å². The number of halogens is 4. The minimum atomic E-state index is -4.60. The Bertz CT molecular complexity index is 859. The van der Waals surface area contributed by atoms with Crippen LogP contribution >= 0.6 is 11.6 Å². The highest BCUT2D eigenvalue weighted by atomic mass is 35.5. The molecule has 28 heavy (non-hydrogen) atoms. The zero-order chi connectivity index (χ0) is 20.7. The number of alkyl halides is 3. The number of carbonyl (C=O) groups excluding carboxylic acids is 2. The van der Waals surface area contributed by atoms with Crippen molar-refractivity contribution in [3.05, 3.63) is 52.7 Å². The summed E-state index contributed by atoms with van der Waals surface area (Å²) in [6, 6.07) is 7.90. The third-order valence-corrected chi connectivity index (χ3v) is 3.64. The molecule has 0 aliphatic heterocycles. The molecule has 1 heterocycles. The van der Waals surface area contributed by atoms with Gasteiger partial charge in [0.1, 0.15) is 5.75 Å². The summed E-state index contributed by atoms with van der Waals surface area (Å²) in [4.78, 5) is 26.8. The third kappa shape index (κ3) is 6.73. The second kappa shape index (κ2) is 9.41. The van der Waals surface area contributed by atoms with Crippen LogP contribution in [0.2, 0.25) is 5.02 Å². The normalized spacial score (nSPS) is 11.0. The number of hydrogen-bond donors (Lipinski definition) is 1. The number of aryl methyl sites for hydroxylation is 1. The van der Waals surface area contributed by atoms with Crippen LogP contribution in [0.25, 0.3) is 0 Å². The molecule has 0 aliphatic carbocycles. The van der Waals surface area contributed by atoms with Crippen molar-refractivity contribution >= 4 is 29.3 Å². The minimum absolute atomic E-state index is 0.0657. The summed E-state index contributed by atoms with van der Waals surface area (Å²) in [5, 5.41) is 1.79. The van der Waals surface area contributed by atoms with Gasteiger partial charge in [0.15, 0.2) is 12.4 Å². The monoisotopic (exact) mass is 416 g/mol. The number of aromatic nitrogens is 1. The van der Waals surface area contributed by atoms with Gasteiger partial charge in [0.25, 0.3) is 5.91 Å². The van der Waals surface area contributed by atoms with Gasteiger partial charge in [-0.05, 0) is 30.7 Å². The van der Waals surface area contributed by atoms with E-state index in [1.807, 2.05) is 19.1 Å². The first-order valence-corrected chi connectivity index (χ1v) is 8.40. The molecule has 150 valence electrons. The standard InChI is InChI=1S/C18H16ClF3N2O4/c1-11-3-2-4-13(7-11)27-6-5-16(26)28-10-15(25)24-17-14(19)8-12(9-23-17)18(20,21)22/h2-4,7-9H,5-6,10H2,1H3,(H,23,24,25). The zero-order valence-corrected chi connectivity index (χ0v) is 15.4. The number of nitrogens with zero attached hydrogens (tertiary/aromatic N) is 1. The maximum Gasteiger partial charge on any atom is 0.417 e.